The number of hydrogen-bond donors (Lipinski definition) is 2. The zero-order valence-corrected chi connectivity index (χ0v) is 10.9. The summed E-state index contributed by atoms with van der Waals surface area (Å²) >= 11 is 0. The third kappa shape index (κ3) is 5.46. The number of carbonyl (C=O) groups excluding carboxylic acids is 1. The highest BCUT2D eigenvalue weighted by Crippen LogP contribution is 2.00. The normalized spacial score (nSPS) is 18.3. The maximum atomic E-state index is 11.6. The molecule has 1 aliphatic rings. The van der Waals surface area contributed by atoms with Gasteiger partial charge in [0.15, 0.2) is 0 Å². The first-order valence-electron chi connectivity index (χ1n) is 6.45. The molecule has 2 N–H and O–H groups in total. The molecule has 0 bridgehead atoms. The minimum Gasteiger partial charge on any atom is -0.480 e. The first kappa shape index (κ1) is 14.9. The molecule has 1 rings (SSSR count). The summed E-state index contributed by atoms with van der Waals surface area (Å²) < 4.78 is 5.21. The molecule has 1 unspecified atom stereocenters. The van der Waals surface area contributed by atoms with Crippen molar-refractivity contribution in [2.75, 3.05) is 32.8 Å². The molecule has 0 aromatic rings. The molecule has 1 saturated heterocycles. The first-order valence-corrected chi connectivity index (χ1v) is 6.45. The van der Waals surface area contributed by atoms with E-state index in [2.05, 4.69) is 10.2 Å². The Kier molecular flexibility index (Phi) is 6.67. The lowest BCUT2D eigenvalue weighted by Crippen LogP contribution is -2.43. The summed E-state index contributed by atoms with van der Waals surface area (Å²) in [6.45, 7) is 5.64. The van der Waals surface area contributed by atoms with Crippen LogP contribution in [0.5, 0.6) is 0 Å². The molecular formula is C12H22N2O4. The molecule has 0 saturated carbocycles. The van der Waals surface area contributed by atoms with Crippen LogP contribution in [0.2, 0.25) is 0 Å². The van der Waals surface area contributed by atoms with Gasteiger partial charge in [-0.25, -0.2) is 4.79 Å². The minimum atomic E-state index is -0.962. The van der Waals surface area contributed by atoms with Gasteiger partial charge in [0.05, 0.1) is 13.2 Å². The molecular weight excluding hydrogens is 236 g/mol. The van der Waals surface area contributed by atoms with Gasteiger partial charge >= 0.3 is 5.97 Å². The smallest absolute Gasteiger partial charge is 0.326 e. The molecule has 0 spiro atoms. The summed E-state index contributed by atoms with van der Waals surface area (Å²) in [4.78, 5) is 24.7. The van der Waals surface area contributed by atoms with Gasteiger partial charge in [-0.2, -0.15) is 0 Å². The monoisotopic (exact) mass is 258 g/mol. The number of nitrogens with zero attached hydrogens (tertiary/aromatic N) is 1. The van der Waals surface area contributed by atoms with Crippen molar-refractivity contribution in [2.24, 2.45) is 0 Å². The molecule has 1 fully saturated rings. The Balaban J connectivity index is 2.24. The topological polar surface area (TPSA) is 78.9 Å². The van der Waals surface area contributed by atoms with Gasteiger partial charge in [-0.1, -0.05) is 13.3 Å². The van der Waals surface area contributed by atoms with E-state index in [-0.39, 0.29) is 5.91 Å². The molecule has 1 heterocycles. The Bertz CT molecular complexity index is 277. The Morgan fingerprint density at radius 1 is 1.39 bits per heavy atom. The van der Waals surface area contributed by atoms with E-state index in [1.807, 2.05) is 6.92 Å². The van der Waals surface area contributed by atoms with E-state index in [0.717, 1.165) is 19.5 Å². The van der Waals surface area contributed by atoms with Crippen molar-refractivity contribution in [1.29, 1.82) is 0 Å². The van der Waals surface area contributed by atoms with Crippen LogP contribution >= 0.6 is 0 Å². The summed E-state index contributed by atoms with van der Waals surface area (Å²) in [6, 6.07) is -0.757. The Morgan fingerprint density at radius 3 is 2.61 bits per heavy atom. The third-order valence-electron chi connectivity index (χ3n) is 2.97. The van der Waals surface area contributed by atoms with Gasteiger partial charge in [-0.3, -0.25) is 9.69 Å². The van der Waals surface area contributed by atoms with Crippen LogP contribution in [0.1, 0.15) is 26.2 Å². The zero-order valence-electron chi connectivity index (χ0n) is 10.9. The number of carboxylic acid groups (broad SMARTS) is 1. The van der Waals surface area contributed by atoms with Crippen LogP contribution in [0.15, 0.2) is 0 Å². The van der Waals surface area contributed by atoms with Crippen LogP contribution in [-0.2, 0) is 14.3 Å². The fourth-order valence-corrected chi connectivity index (χ4v) is 1.90. The maximum Gasteiger partial charge on any atom is 0.326 e. The van der Waals surface area contributed by atoms with Gasteiger partial charge in [0.1, 0.15) is 6.04 Å². The van der Waals surface area contributed by atoms with Crippen molar-refractivity contribution in [3.05, 3.63) is 0 Å². The Labute approximate surface area is 107 Å². The molecule has 6 heteroatoms. The molecule has 104 valence electrons. The average molecular weight is 258 g/mol. The minimum absolute atomic E-state index is 0.192. The fourth-order valence-electron chi connectivity index (χ4n) is 1.90. The molecule has 0 aromatic carbocycles. The molecule has 0 aliphatic carbocycles. The average Bonchev–Trinajstić information content (AvgIpc) is 2.37. The molecule has 0 radical (unpaired) electrons. The molecule has 1 amide bonds. The number of ether oxygens (including phenoxy) is 1. The van der Waals surface area contributed by atoms with Crippen molar-refractivity contribution < 1.29 is 19.4 Å². The predicted molar refractivity (Wildman–Crippen MR) is 66.4 cm³/mol. The number of hydrogen-bond acceptors (Lipinski definition) is 4. The Hall–Kier alpha value is -1.14. The summed E-state index contributed by atoms with van der Waals surface area (Å²) in [7, 11) is 0. The van der Waals surface area contributed by atoms with E-state index in [9.17, 15) is 9.59 Å². The predicted octanol–water partition coefficient (Wildman–Crippen LogP) is 0.0782. The SMILES string of the molecule is CCCC(NC(=O)CCN1CCOCC1)C(=O)O. The van der Waals surface area contributed by atoms with Gasteiger partial charge in [0, 0.05) is 26.1 Å². The van der Waals surface area contributed by atoms with Crippen LogP contribution in [0.25, 0.3) is 0 Å². The Morgan fingerprint density at radius 2 is 2.06 bits per heavy atom. The van der Waals surface area contributed by atoms with Gasteiger partial charge in [0.25, 0.3) is 0 Å². The number of morpholine rings is 1. The molecule has 0 aromatic heterocycles. The third-order valence-corrected chi connectivity index (χ3v) is 2.97. The lowest BCUT2D eigenvalue weighted by molar-refractivity contribution is -0.142. The largest absolute Gasteiger partial charge is 0.480 e. The number of amides is 1. The van der Waals surface area contributed by atoms with E-state index in [1.54, 1.807) is 0 Å². The van der Waals surface area contributed by atoms with E-state index in [0.29, 0.717) is 32.6 Å². The highest BCUT2D eigenvalue weighted by molar-refractivity contribution is 5.83. The lowest BCUT2D eigenvalue weighted by atomic mass is 10.1. The maximum absolute atomic E-state index is 11.6. The number of carbonyl (C=O) groups is 2. The van der Waals surface area contributed by atoms with E-state index in [4.69, 9.17) is 9.84 Å². The van der Waals surface area contributed by atoms with Crippen molar-refractivity contribution in [2.45, 2.75) is 32.2 Å². The summed E-state index contributed by atoms with van der Waals surface area (Å²) in [5, 5.41) is 11.5. The second-order valence-electron chi connectivity index (χ2n) is 4.45. The zero-order chi connectivity index (χ0) is 13.4. The van der Waals surface area contributed by atoms with Gasteiger partial charge < -0.3 is 15.2 Å². The van der Waals surface area contributed by atoms with Crippen LogP contribution in [0, 0.1) is 0 Å². The van der Waals surface area contributed by atoms with Crippen molar-refractivity contribution in [3.63, 3.8) is 0 Å². The number of carboxylic acids is 1. The van der Waals surface area contributed by atoms with E-state index < -0.39 is 12.0 Å². The van der Waals surface area contributed by atoms with Crippen molar-refractivity contribution in [3.8, 4) is 0 Å². The number of nitrogens with one attached hydrogen (secondary N) is 1. The summed E-state index contributed by atoms with van der Waals surface area (Å²) in [6.07, 6.45) is 1.55. The first-order chi connectivity index (χ1) is 8.63. The highest BCUT2D eigenvalue weighted by atomic mass is 16.5. The molecule has 1 atom stereocenters. The quantitative estimate of drug-likeness (QED) is 0.676. The van der Waals surface area contributed by atoms with Gasteiger partial charge in [-0.15, -0.1) is 0 Å². The van der Waals surface area contributed by atoms with Crippen LogP contribution < -0.4 is 5.32 Å². The number of rotatable bonds is 7. The van der Waals surface area contributed by atoms with Crippen molar-refractivity contribution in [1.82, 2.24) is 10.2 Å². The second kappa shape index (κ2) is 8.05. The molecule has 18 heavy (non-hydrogen) atoms. The number of aliphatic carboxylic acids is 1. The molecule has 6 nitrogen and oxygen atoms in total. The van der Waals surface area contributed by atoms with Crippen molar-refractivity contribution >= 4 is 11.9 Å². The summed E-state index contributed by atoms with van der Waals surface area (Å²) in [5.74, 6) is -1.15. The van der Waals surface area contributed by atoms with Gasteiger partial charge in [0.2, 0.25) is 5.91 Å². The van der Waals surface area contributed by atoms with E-state index in [1.165, 1.54) is 0 Å². The standard InChI is InChI=1S/C12H22N2O4/c1-2-3-10(12(16)17)13-11(15)4-5-14-6-8-18-9-7-14/h10H,2-9H2,1H3,(H,13,15)(H,16,17). The van der Waals surface area contributed by atoms with Crippen LogP contribution in [-0.4, -0.2) is 60.8 Å². The highest BCUT2D eigenvalue weighted by Gasteiger charge is 2.19. The lowest BCUT2D eigenvalue weighted by Gasteiger charge is -2.26. The summed E-state index contributed by atoms with van der Waals surface area (Å²) in [5.41, 5.74) is 0. The fraction of sp³-hybridized carbons (Fsp3) is 0.833. The van der Waals surface area contributed by atoms with Crippen LogP contribution in [0.4, 0.5) is 0 Å². The van der Waals surface area contributed by atoms with Gasteiger partial charge in [-0.05, 0) is 6.42 Å². The van der Waals surface area contributed by atoms with Crippen LogP contribution in [0.3, 0.4) is 0 Å². The molecule has 1 aliphatic heterocycles. The second-order valence-corrected chi connectivity index (χ2v) is 4.45. The van der Waals surface area contributed by atoms with E-state index >= 15 is 0 Å².